The van der Waals surface area contributed by atoms with E-state index in [1.807, 2.05) is 7.05 Å². The van der Waals surface area contributed by atoms with Crippen molar-refractivity contribution in [1.29, 1.82) is 0 Å². The first kappa shape index (κ1) is 22.2. The van der Waals surface area contributed by atoms with E-state index in [1.54, 1.807) is 30.3 Å². The number of nitrogens with zero attached hydrogens (tertiary/aromatic N) is 3. The minimum atomic E-state index is 0. The predicted octanol–water partition coefficient (Wildman–Crippen LogP) is 1.91. The summed E-state index contributed by atoms with van der Waals surface area (Å²) >= 11 is 1.76. The first-order valence-electron chi connectivity index (χ1n) is 8.36. The molecule has 1 aliphatic rings. The second kappa shape index (κ2) is 11.7. The van der Waals surface area contributed by atoms with Gasteiger partial charge < -0.3 is 19.9 Å². The number of aliphatic imine (C=N–C) groups is 1. The summed E-state index contributed by atoms with van der Waals surface area (Å²) in [6.07, 6.45) is 2.04. The molecule has 0 bridgehead atoms. The van der Waals surface area contributed by atoms with Gasteiger partial charge in [-0.15, -0.1) is 35.3 Å². The third kappa shape index (κ3) is 7.91. The highest BCUT2D eigenvalue weighted by molar-refractivity contribution is 14.0. The second-order valence-corrected chi connectivity index (χ2v) is 7.33. The summed E-state index contributed by atoms with van der Waals surface area (Å²) in [7, 11) is 5.53. The number of guanidine groups is 1. The molecule has 0 aliphatic carbocycles. The van der Waals surface area contributed by atoms with E-state index in [0.29, 0.717) is 5.92 Å². The van der Waals surface area contributed by atoms with Crippen molar-refractivity contribution in [2.45, 2.75) is 12.8 Å². The van der Waals surface area contributed by atoms with Crippen LogP contribution in [0.4, 0.5) is 0 Å². The average Bonchev–Trinajstić information content (AvgIpc) is 3.23. The van der Waals surface area contributed by atoms with Gasteiger partial charge in [0.05, 0.1) is 6.61 Å². The number of hydrogen-bond acceptors (Lipinski definition) is 4. The first-order valence-corrected chi connectivity index (χ1v) is 9.24. The van der Waals surface area contributed by atoms with E-state index >= 15 is 0 Å². The number of carbonyl (C=O) groups is 1. The van der Waals surface area contributed by atoms with Crippen molar-refractivity contribution in [3.63, 3.8) is 0 Å². The number of thiophene rings is 1. The summed E-state index contributed by atoms with van der Waals surface area (Å²) in [5.74, 6) is 1.32. The molecule has 1 aromatic heterocycles. The van der Waals surface area contributed by atoms with E-state index in [4.69, 9.17) is 4.74 Å². The Hall–Kier alpha value is -0.870. The number of carbonyl (C=O) groups excluding carboxylic acids is 1. The second-order valence-electron chi connectivity index (χ2n) is 6.29. The van der Waals surface area contributed by atoms with Gasteiger partial charge in [0.1, 0.15) is 6.54 Å². The van der Waals surface area contributed by atoms with Crippen LogP contribution in [0, 0.1) is 5.92 Å². The molecule has 1 amide bonds. The maximum absolute atomic E-state index is 11.8. The molecular weight excluding hydrogens is 451 g/mol. The van der Waals surface area contributed by atoms with Crippen LogP contribution in [0.5, 0.6) is 0 Å². The topological polar surface area (TPSA) is 57.2 Å². The maximum Gasteiger partial charge on any atom is 0.243 e. The molecule has 1 saturated heterocycles. The monoisotopic (exact) mass is 480 g/mol. The molecule has 0 spiro atoms. The lowest BCUT2D eigenvalue weighted by Gasteiger charge is -2.25. The molecule has 2 rings (SSSR count). The number of ether oxygens (including phenoxy) is 1. The molecule has 142 valence electrons. The largest absolute Gasteiger partial charge is 0.381 e. The molecule has 8 heteroatoms. The number of halogens is 1. The Bertz CT molecular complexity index is 531. The van der Waals surface area contributed by atoms with E-state index < -0.39 is 0 Å². The van der Waals surface area contributed by atoms with Crippen LogP contribution in [0.3, 0.4) is 0 Å². The van der Waals surface area contributed by atoms with Gasteiger partial charge in [0, 0.05) is 51.6 Å². The minimum absolute atomic E-state index is 0. The third-order valence-electron chi connectivity index (χ3n) is 4.02. The highest BCUT2D eigenvalue weighted by atomic mass is 127. The molecule has 0 aromatic carbocycles. The third-order valence-corrected chi connectivity index (χ3v) is 4.95. The Labute approximate surface area is 171 Å². The Kier molecular flexibility index (Phi) is 10.4. The fourth-order valence-electron chi connectivity index (χ4n) is 2.55. The van der Waals surface area contributed by atoms with Gasteiger partial charge in [-0.3, -0.25) is 4.79 Å². The molecule has 0 radical (unpaired) electrons. The van der Waals surface area contributed by atoms with Crippen LogP contribution in [-0.2, 0) is 16.0 Å². The average molecular weight is 480 g/mol. The number of amides is 1. The normalized spacial score (nSPS) is 17.1. The Morgan fingerprint density at radius 2 is 2.24 bits per heavy atom. The van der Waals surface area contributed by atoms with Crippen molar-refractivity contribution in [1.82, 2.24) is 15.1 Å². The zero-order valence-corrected chi connectivity index (χ0v) is 18.4. The van der Waals surface area contributed by atoms with E-state index in [2.05, 4.69) is 32.7 Å². The summed E-state index contributed by atoms with van der Waals surface area (Å²) in [6, 6.07) is 4.20. The van der Waals surface area contributed by atoms with Crippen molar-refractivity contribution in [3.05, 3.63) is 22.4 Å². The number of nitrogens with one attached hydrogen (secondary N) is 1. The quantitative estimate of drug-likeness (QED) is 0.368. The van der Waals surface area contributed by atoms with Gasteiger partial charge in [-0.2, -0.15) is 0 Å². The molecule has 6 nitrogen and oxygen atoms in total. The number of rotatable bonds is 7. The van der Waals surface area contributed by atoms with Gasteiger partial charge in [-0.1, -0.05) is 6.07 Å². The zero-order valence-electron chi connectivity index (χ0n) is 15.2. The lowest BCUT2D eigenvalue weighted by atomic mass is 10.1. The summed E-state index contributed by atoms with van der Waals surface area (Å²) < 4.78 is 5.45. The van der Waals surface area contributed by atoms with Gasteiger partial charge in [0.15, 0.2) is 5.96 Å². The van der Waals surface area contributed by atoms with Gasteiger partial charge in [-0.05, 0) is 24.3 Å². The van der Waals surface area contributed by atoms with Crippen LogP contribution in [0.15, 0.2) is 22.5 Å². The summed E-state index contributed by atoms with van der Waals surface area (Å²) in [6.45, 7) is 3.52. The fraction of sp³-hybridized carbons (Fsp3) is 0.647. The highest BCUT2D eigenvalue weighted by Gasteiger charge is 2.19. The van der Waals surface area contributed by atoms with Crippen molar-refractivity contribution in [3.8, 4) is 0 Å². The van der Waals surface area contributed by atoms with Crippen LogP contribution >= 0.6 is 35.3 Å². The van der Waals surface area contributed by atoms with Crippen molar-refractivity contribution in [2.24, 2.45) is 10.9 Å². The van der Waals surface area contributed by atoms with Gasteiger partial charge in [0.25, 0.3) is 0 Å². The van der Waals surface area contributed by atoms with E-state index in [9.17, 15) is 4.79 Å². The van der Waals surface area contributed by atoms with Crippen LogP contribution in [0.2, 0.25) is 0 Å². The fourth-order valence-corrected chi connectivity index (χ4v) is 3.26. The molecular formula is C17H29IN4O2S. The lowest BCUT2D eigenvalue weighted by Crippen LogP contribution is -2.43. The van der Waals surface area contributed by atoms with Gasteiger partial charge in [-0.25, -0.2) is 4.99 Å². The molecule has 25 heavy (non-hydrogen) atoms. The van der Waals surface area contributed by atoms with E-state index in [1.165, 1.54) is 4.88 Å². The van der Waals surface area contributed by atoms with Crippen molar-refractivity contribution >= 4 is 47.2 Å². The maximum atomic E-state index is 11.8. The SMILES string of the molecule is CN(C)C(=O)CN=C(NCCc1cccs1)N(C)CC1CCOC1.I. The van der Waals surface area contributed by atoms with Crippen molar-refractivity contribution < 1.29 is 9.53 Å². The molecule has 1 fully saturated rings. The Morgan fingerprint density at radius 1 is 1.44 bits per heavy atom. The van der Waals surface area contributed by atoms with Crippen LogP contribution in [0.25, 0.3) is 0 Å². The Morgan fingerprint density at radius 3 is 2.84 bits per heavy atom. The minimum Gasteiger partial charge on any atom is -0.381 e. The summed E-state index contributed by atoms with van der Waals surface area (Å²) in [5, 5.41) is 5.49. The molecule has 2 heterocycles. The molecule has 1 unspecified atom stereocenters. The summed E-state index contributed by atoms with van der Waals surface area (Å²) in [5.41, 5.74) is 0. The van der Waals surface area contributed by atoms with Gasteiger partial charge >= 0.3 is 0 Å². The Balaban J connectivity index is 0.00000312. The number of hydrogen-bond donors (Lipinski definition) is 1. The zero-order chi connectivity index (χ0) is 17.4. The first-order chi connectivity index (χ1) is 11.6. The van der Waals surface area contributed by atoms with Crippen molar-refractivity contribution in [2.75, 3.05) is 54.0 Å². The predicted molar refractivity (Wildman–Crippen MR) is 114 cm³/mol. The van der Waals surface area contributed by atoms with E-state index in [-0.39, 0.29) is 36.4 Å². The van der Waals surface area contributed by atoms with Crippen LogP contribution < -0.4 is 5.32 Å². The highest BCUT2D eigenvalue weighted by Crippen LogP contribution is 2.13. The van der Waals surface area contributed by atoms with Gasteiger partial charge in [0.2, 0.25) is 5.91 Å². The molecule has 1 atom stereocenters. The molecule has 1 aliphatic heterocycles. The van der Waals surface area contributed by atoms with Crippen LogP contribution in [-0.4, -0.2) is 75.7 Å². The smallest absolute Gasteiger partial charge is 0.243 e. The summed E-state index contributed by atoms with van der Waals surface area (Å²) in [4.78, 5) is 21.4. The molecule has 0 saturated carbocycles. The lowest BCUT2D eigenvalue weighted by molar-refractivity contribution is -0.127. The molecule has 1 N–H and O–H groups in total. The molecule has 1 aromatic rings. The standard InChI is InChI=1S/C17H28N4O2S.HI/c1-20(2)16(22)11-19-17(18-8-6-15-5-4-10-24-15)21(3)12-14-7-9-23-13-14;/h4-5,10,14H,6-9,11-13H2,1-3H3,(H,18,19);1H. The van der Waals surface area contributed by atoms with E-state index in [0.717, 1.165) is 45.1 Å². The number of likely N-dealkylation sites (N-methyl/N-ethyl adjacent to an activating group) is 1. The van der Waals surface area contributed by atoms with Crippen LogP contribution in [0.1, 0.15) is 11.3 Å².